The number of unbranched alkanes of at least 4 members (excludes halogenated alkanes) is 1. The quantitative estimate of drug-likeness (QED) is 0.542. The first kappa shape index (κ1) is 23.3. The fraction of sp³-hybridized carbons (Fsp3) is 0.538. The zero-order valence-corrected chi connectivity index (χ0v) is 18.9. The number of nitrogens with one attached hydrogen (secondary N) is 1. The summed E-state index contributed by atoms with van der Waals surface area (Å²) in [5.74, 6) is 0.725. The summed E-state index contributed by atoms with van der Waals surface area (Å²) in [5, 5.41) is 3.59. The van der Waals surface area contributed by atoms with Gasteiger partial charge in [-0.25, -0.2) is 0 Å². The van der Waals surface area contributed by atoms with Gasteiger partial charge in [-0.1, -0.05) is 102 Å². The van der Waals surface area contributed by atoms with Crippen molar-refractivity contribution in [3.05, 3.63) is 65.2 Å². The third-order valence-electron chi connectivity index (χ3n) is 5.19. The van der Waals surface area contributed by atoms with Crippen LogP contribution in [-0.4, -0.2) is 6.04 Å². The molecule has 2 atom stereocenters. The first-order chi connectivity index (χ1) is 12.7. The van der Waals surface area contributed by atoms with Crippen LogP contribution >= 0.6 is 0 Å². The third kappa shape index (κ3) is 8.20. The molecule has 0 radical (unpaired) electrons. The van der Waals surface area contributed by atoms with Gasteiger partial charge < -0.3 is 5.32 Å². The molecule has 0 saturated heterocycles. The third-order valence-corrected chi connectivity index (χ3v) is 5.19. The summed E-state index contributed by atoms with van der Waals surface area (Å²) in [5.41, 5.74) is 5.83. The van der Waals surface area contributed by atoms with Crippen molar-refractivity contribution in [2.24, 2.45) is 5.92 Å². The maximum absolute atomic E-state index is 3.59. The van der Waals surface area contributed by atoms with E-state index in [2.05, 4.69) is 91.0 Å². The van der Waals surface area contributed by atoms with Crippen molar-refractivity contribution in [2.45, 2.75) is 86.1 Å². The van der Waals surface area contributed by atoms with Gasteiger partial charge in [0.2, 0.25) is 0 Å². The molecule has 2 aromatic carbocycles. The lowest BCUT2D eigenvalue weighted by molar-refractivity contribution is 0.490. The van der Waals surface area contributed by atoms with E-state index >= 15 is 0 Å². The molecule has 0 bridgehead atoms. The van der Waals surface area contributed by atoms with E-state index in [4.69, 9.17) is 0 Å². The van der Waals surface area contributed by atoms with Crippen LogP contribution in [0, 0.1) is 12.8 Å². The number of fused-ring (bicyclic) bond motifs is 1. The Hall–Kier alpha value is -1.76. The maximum atomic E-state index is 3.59. The summed E-state index contributed by atoms with van der Waals surface area (Å²) in [4.78, 5) is 0. The van der Waals surface area contributed by atoms with E-state index in [0.717, 1.165) is 5.92 Å². The summed E-state index contributed by atoms with van der Waals surface area (Å²) >= 11 is 0. The van der Waals surface area contributed by atoms with Crippen LogP contribution < -0.4 is 5.32 Å². The van der Waals surface area contributed by atoms with Crippen molar-refractivity contribution >= 4 is 5.69 Å². The highest BCUT2D eigenvalue weighted by molar-refractivity contribution is 5.56. The van der Waals surface area contributed by atoms with Crippen molar-refractivity contribution in [1.29, 1.82) is 0 Å². The summed E-state index contributed by atoms with van der Waals surface area (Å²) in [6, 6.07) is 17.7. The topological polar surface area (TPSA) is 12.0 Å². The number of aryl methyl sites for hydroxylation is 1. The van der Waals surface area contributed by atoms with Crippen LogP contribution in [0.15, 0.2) is 48.5 Å². The highest BCUT2D eigenvalue weighted by atomic mass is 14.9. The minimum absolute atomic E-state index is 0.251. The van der Waals surface area contributed by atoms with Crippen LogP contribution in [0.5, 0.6) is 0 Å². The van der Waals surface area contributed by atoms with Gasteiger partial charge in [-0.3, -0.25) is 0 Å². The molecule has 1 N–H and O–H groups in total. The van der Waals surface area contributed by atoms with Crippen LogP contribution in [-0.2, 0) is 11.8 Å². The van der Waals surface area contributed by atoms with Gasteiger partial charge in [-0.2, -0.15) is 0 Å². The average Bonchev–Trinajstić information content (AvgIpc) is 2.63. The molecule has 3 rings (SSSR count). The summed E-state index contributed by atoms with van der Waals surface area (Å²) in [6.45, 7) is 17.9. The Labute approximate surface area is 168 Å². The summed E-state index contributed by atoms with van der Waals surface area (Å²) in [7, 11) is 0. The molecule has 1 aliphatic rings. The Balaban J connectivity index is 0.000000273. The second-order valence-electron chi connectivity index (χ2n) is 8.89. The second-order valence-corrected chi connectivity index (χ2v) is 8.89. The van der Waals surface area contributed by atoms with Crippen molar-refractivity contribution in [1.82, 2.24) is 0 Å². The van der Waals surface area contributed by atoms with Gasteiger partial charge in [-0.15, -0.1) is 0 Å². The molecule has 0 spiro atoms. The molecule has 2 aromatic rings. The minimum Gasteiger partial charge on any atom is -0.382 e. The lowest BCUT2D eigenvalue weighted by atomic mass is 9.82. The molecule has 0 amide bonds. The van der Waals surface area contributed by atoms with E-state index < -0.39 is 0 Å². The molecule has 150 valence electrons. The summed E-state index contributed by atoms with van der Waals surface area (Å²) < 4.78 is 0. The maximum Gasteiger partial charge on any atom is 0.0375 e. The fourth-order valence-electron chi connectivity index (χ4n) is 2.82. The van der Waals surface area contributed by atoms with Crippen LogP contribution in [0.4, 0.5) is 5.69 Å². The van der Waals surface area contributed by atoms with E-state index in [1.54, 1.807) is 0 Å². The van der Waals surface area contributed by atoms with Gasteiger partial charge in [0.25, 0.3) is 0 Å². The van der Waals surface area contributed by atoms with Gasteiger partial charge in [-0.05, 0) is 48.8 Å². The van der Waals surface area contributed by atoms with Gasteiger partial charge in [0.05, 0.1) is 0 Å². The molecular formula is C26H41N. The number of rotatable bonds is 1. The zero-order chi connectivity index (χ0) is 20.4. The zero-order valence-electron chi connectivity index (χ0n) is 18.9. The molecule has 0 saturated carbocycles. The molecule has 0 fully saturated rings. The number of benzene rings is 2. The van der Waals surface area contributed by atoms with E-state index in [1.165, 1.54) is 41.6 Å². The van der Waals surface area contributed by atoms with E-state index in [-0.39, 0.29) is 5.41 Å². The smallest absolute Gasteiger partial charge is 0.0375 e. The molecule has 1 nitrogen and oxygen atoms in total. The minimum atomic E-state index is 0.251. The lowest BCUT2D eigenvalue weighted by Gasteiger charge is -2.31. The van der Waals surface area contributed by atoms with Crippen molar-refractivity contribution in [2.75, 3.05) is 5.32 Å². The van der Waals surface area contributed by atoms with Crippen LogP contribution in [0.3, 0.4) is 0 Å². The second kappa shape index (κ2) is 11.2. The predicted molar refractivity (Wildman–Crippen MR) is 123 cm³/mol. The van der Waals surface area contributed by atoms with Gasteiger partial charge in [0.15, 0.2) is 0 Å². The van der Waals surface area contributed by atoms with Crippen molar-refractivity contribution in [3.63, 3.8) is 0 Å². The highest BCUT2D eigenvalue weighted by Gasteiger charge is 2.23. The monoisotopic (exact) mass is 367 g/mol. The summed E-state index contributed by atoms with van der Waals surface area (Å²) in [6.07, 6.45) is 3.84. The van der Waals surface area contributed by atoms with E-state index in [0.29, 0.717) is 6.04 Å². The average molecular weight is 368 g/mol. The molecule has 27 heavy (non-hydrogen) atoms. The van der Waals surface area contributed by atoms with Gasteiger partial charge in [0, 0.05) is 11.7 Å². The van der Waals surface area contributed by atoms with E-state index in [1.807, 2.05) is 18.2 Å². The van der Waals surface area contributed by atoms with Crippen LogP contribution in [0.2, 0.25) is 0 Å². The largest absolute Gasteiger partial charge is 0.382 e. The highest BCUT2D eigenvalue weighted by Crippen LogP contribution is 2.32. The SMILES string of the molecule is CC1Cc2cc(C(C)(C)C)ccc2NC1C.CCCC.Cc1ccccc1. The normalized spacial score (nSPS) is 18.1. The van der Waals surface area contributed by atoms with E-state index in [9.17, 15) is 0 Å². The van der Waals surface area contributed by atoms with Crippen LogP contribution in [0.1, 0.15) is 78.0 Å². The van der Waals surface area contributed by atoms with Gasteiger partial charge in [0.1, 0.15) is 0 Å². The van der Waals surface area contributed by atoms with Gasteiger partial charge >= 0.3 is 0 Å². The lowest BCUT2D eigenvalue weighted by Crippen LogP contribution is -2.30. The molecule has 1 aliphatic heterocycles. The first-order valence-electron chi connectivity index (χ1n) is 10.6. The first-order valence-corrected chi connectivity index (χ1v) is 10.6. The molecule has 2 unspecified atom stereocenters. The van der Waals surface area contributed by atoms with Crippen molar-refractivity contribution < 1.29 is 0 Å². The Morgan fingerprint density at radius 2 is 1.52 bits per heavy atom. The standard InChI is InChI=1S/C15H23N.C7H8.C4H10/c1-10-8-12-9-13(15(3,4)5)6-7-14(12)16-11(10)2;1-7-5-3-2-4-6-7;1-3-4-2/h6-7,9-11,16H,8H2,1-5H3;2-6H,1H3;3-4H2,1-2H3. The molecule has 1 heteroatoms. The predicted octanol–water partition coefficient (Wildman–Crippen LogP) is 7.78. The molecular weight excluding hydrogens is 326 g/mol. The van der Waals surface area contributed by atoms with Crippen molar-refractivity contribution in [3.8, 4) is 0 Å². The Kier molecular flexibility index (Phi) is 9.63. The Morgan fingerprint density at radius 1 is 0.926 bits per heavy atom. The number of hydrogen-bond donors (Lipinski definition) is 1. The molecule has 0 aromatic heterocycles. The molecule has 1 heterocycles. The number of anilines is 1. The number of hydrogen-bond acceptors (Lipinski definition) is 1. The fourth-order valence-corrected chi connectivity index (χ4v) is 2.82. The molecule has 0 aliphatic carbocycles. The Bertz CT molecular complexity index is 650. The van der Waals surface area contributed by atoms with Crippen LogP contribution in [0.25, 0.3) is 0 Å². The Morgan fingerprint density at radius 3 is 1.96 bits per heavy atom.